The summed E-state index contributed by atoms with van der Waals surface area (Å²) in [4.78, 5) is 23.4. The molecule has 0 bridgehead atoms. The van der Waals surface area contributed by atoms with E-state index in [1.165, 1.54) is 0 Å². The van der Waals surface area contributed by atoms with Crippen molar-refractivity contribution in [2.24, 2.45) is 0 Å². The Kier molecular flexibility index (Phi) is 5.18. The average Bonchev–Trinajstić information content (AvgIpc) is 2.47. The van der Waals surface area contributed by atoms with E-state index >= 15 is 0 Å². The molecule has 0 aromatic heterocycles. The third-order valence-corrected chi connectivity index (χ3v) is 3.74. The Morgan fingerprint density at radius 1 is 1.10 bits per heavy atom. The van der Waals surface area contributed by atoms with Gasteiger partial charge in [-0.25, -0.2) is 0 Å². The molecular formula is C16H16O3S. The molecule has 0 atom stereocenters. The van der Waals surface area contributed by atoms with E-state index in [1.54, 1.807) is 6.92 Å². The molecule has 0 fully saturated rings. The Labute approximate surface area is 122 Å². The van der Waals surface area contributed by atoms with Gasteiger partial charge < -0.3 is 4.74 Å². The summed E-state index contributed by atoms with van der Waals surface area (Å²) in [6, 6.07) is 13.5. The zero-order valence-electron chi connectivity index (χ0n) is 11.3. The van der Waals surface area contributed by atoms with Gasteiger partial charge in [-0.15, -0.1) is 0 Å². The van der Waals surface area contributed by atoms with Crippen molar-refractivity contribution >= 4 is 33.6 Å². The van der Waals surface area contributed by atoms with Crippen LogP contribution >= 0.6 is 11.8 Å². The number of carbonyl (C=O) groups is 2. The molecule has 20 heavy (non-hydrogen) atoms. The summed E-state index contributed by atoms with van der Waals surface area (Å²) < 4.78 is 4.84. The molecule has 0 heterocycles. The second-order valence-corrected chi connectivity index (χ2v) is 5.29. The molecule has 2 rings (SSSR count). The maximum atomic E-state index is 12.2. The van der Waals surface area contributed by atoms with Crippen molar-refractivity contribution in [2.75, 3.05) is 12.4 Å². The molecule has 104 valence electrons. The Bertz CT molecular complexity index is 617. The molecule has 0 aliphatic carbocycles. The minimum atomic E-state index is -0.259. The second kappa shape index (κ2) is 7.10. The number of rotatable bonds is 5. The predicted molar refractivity (Wildman–Crippen MR) is 82.0 cm³/mol. The zero-order valence-corrected chi connectivity index (χ0v) is 12.1. The van der Waals surface area contributed by atoms with Gasteiger partial charge in [0, 0.05) is 11.3 Å². The molecule has 0 aliphatic rings. The van der Waals surface area contributed by atoms with Gasteiger partial charge in [-0.1, -0.05) is 48.2 Å². The van der Waals surface area contributed by atoms with E-state index in [1.807, 2.05) is 42.5 Å². The lowest BCUT2D eigenvalue weighted by Gasteiger charge is -2.05. The summed E-state index contributed by atoms with van der Waals surface area (Å²) in [6.45, 7) is 2.15. The number of fused-ring (bicyclic) bond motifs is 1. The van der Waals surface area contributed by atoms with Crippen LogP contribution in [0.4, 0.5) is 0 Å². The minimum absolute atomic E-state index is 0.00824. The number of thioether (sulfide) groups is 1. The Hall–Kier alpha value is -1.81. The smallest absolute Gasteiger partial charge is 0.306 e. The lowest BCUT2D eigenvalue weighted by atomic mass is 10.1. The highest BCUT2D eigenvalue weighted by Crippen LogP contribution is 2.23. The standard InChI is InChI=1S/C16H16O3S/c1-2-19-15(17)10-11-20-16(18)14-9-5-7-12-6-3-4-8-13(12)14/h3-9H,2,10-11H2,1H3. The second-order valence-electron chi connectivity index (χ2n) is 4.22. The van der Waals surface area contributed by atoms with E-state index in [2.05, 4.69) is 0 Å². The Morgan fingerprint density at radius 3 is 2.65 bits per heavy atom. The highest BCUT2D eigenvalue weighted by Gasteiger charge is 2.11. The Balaban J connectivity index is 2.03. The topological polar surface area (TPSA) is 43.4 Å². The quantitative estimate of drug-likeness (QED) is 0.787. The largest absolute Gasteiger partial charge is 0.466 e. The summed E-state index contributed by atoms with van der Waals surface area (Å²) in [5.74, 6) is 0.187. The van der Waals surface area contributed by atoms with Gasteiger partial charge in [0.1, 0.15) is 0 Å². The van der Waals surface area contributed by atoms with E-state index in [0.717, 1.165) is 22.5 Å². The van der Waals surface area contributed by atoms with Crippen LogP contribution in [0, 0.1) is 0 Å². The van der Waals surface area contributed by atoms with E-state index < -0.39 is 0 Å². The van der Waals surface area contributed by atoms with Crippen LogP contribution in [0.25, 0.3) is 10.8 Å². The Morgan fingerprint density at radius 2 is 1.85 bits per heavy atom. The predicted octanol–water partition coefficient (Wildman–Crippen LogP) is 3.67. The first-order chi connectivity index (χ1) is 9.72. The van der Waals surface area contributed by atoms with Gasteiger partial charge in [-0.3, -0.25) is 9.59 Å². The normalized spacial score (nSPS) is 10.4. The fourth-order valence-electron chi connectivity index (χ4n) is 1.94. The zero-order chi connectivity index (χ0) is 14.4. The van der Waals surface area contributed by atoms with Gasteiger partial charge in [-0.2, -0.15) is 0 Å². The molecule has 4 heteroatoms. The summed E-state index contributed by atoms with van der Waals surface area (Å²) in [5.41, 5.74) is 0.692. The first kappa shape index (κ1) is 14.6. The molecule has 0 aliphatic heterocycles. The van der Waals surface area contributed by atoms with Crippen molar-refractivity contribution < 1.29 is 14.3 Å². The molecular weight excluding hydrogens is 272 g/mol. The van der Waals surface area contributed by atoms with E-state index in [4.69, 9.17) is 4.74 Å². The molecule has 0 spiro atoms. The lowest BCUT2D eigenvalue weighted by molar-refractivity contribution is -0.142. The first-order valence-corrected chi connectivity index (χ1v) is 7.51. The van der Waals surface area contributed by atoms with Gasteiger partial charge in [0.05, 0.1) is 13.0 Å². The monoisotopic (exact) mass is 288 g/mol. The number of hydrogen-bond donors (Lipinski definition) is 0. The fourth-order valence-corrected chi connectivity index (χ4v) is 2.73. The van der Waals surface area contributed by atoms with Crippen molar-refractivity contribution in [3.63, 3.8) is 0 Å². The summed E-state index contributed by atoms with van der Waals surface area (Å²) >= 11 is 1.16. The summed E-state index contributed by atoms with van der Waals surface area (Å²) in [6.07, 6.45) is 0.259. The third kappa shape index (κ3) is 3.61. The van der Waals surface area contributed by atoms with Crippen LogP contribution in [0.15, 0.2) is 42.5 Å². The van der Waals surface area contributed by atoms with E-state index in [0.29, 0.717) is 17.9 Å². The number of ether oxygens (including phenoxy) is 1. The molecule has 2 aromatic rings. The SMILES string of the molecule is CCOC(=O)CCSC(=O)c1cccc2ccccc12. The summed E-state index contributed by atoms with van der Waals surface area (Å²) in [7, 11) is 0. The maximum absolute atomic E-state index is 12.2. The number of esters is 1. The molecule has 0 saturated carbocycles. The van der Waals surface area contributed by atoms with Crippen LogP contribution in [0.2, 0.25) is 0 Å². The maximum Gasteiger partial charge on any atom is 0.306 e. The van der Waals surface area contributed by atoms with Crippen LogP contribution in [-0.4, -0.2) is 23.4 Å². The van der Waals surface area contributed by atoms with Crippen LogP contribution < -0.4 is 0 Å². The number of carbonyl (C=O) groups excluding carboxylic acids is 2. The van der Waals surface area contributed by atoms with Crippen LogP contribution in [0.5, 0.6) is 0 Å². The lowest BCUT2D eigenvalue weighted by Crippen LogP contribution is -2.06. The highest BCUT2D eigenvalue weighted by atomic mass is 32.2. The van der Waals surface area contributed by atoms with E-state index in [-0.39, 0.29) is 17.5 Å². The van der Waals surface area contributed by atoms with Gasteiger partial charge in [0.25, 0.3) is 0 Å². The molecule has 0 radical (unpaired) electrons. The average molecular weight is 288 g/mol. The first-order valence-electron chi connectivity index (χ1n) is 6.53. The van der Waals surface area contributed by atoms with Gasteiger partial charge >= 0.3 is 5.97 Å². The molecule has 3 nitrogen and oxygen atoms in total. The number of benzene rings is 2. The molecule has 0 N–H and O–H groups in total. The van der Waals surface area contributed by atoms with E-state index in [9.17, 15) is 9.59 Å². The minimum Gasteiger partial charge on any atom is -0.466 e. The van der Waals surface area contributed by atoms with Crippen molar-refractivity contribution in [1.82, 2.24) is 0 Å². The van der Waals surface area contributed by atoms with Gasteiger partial charge in [0.15, 0.2) is 0 Å². The third-order valence-electron chi connectivity index (χ3n) is 2.85. The van der Waals surface area contributed by atoms with Crippen LogP contribution in [0.3, 0.4) is 0 Å². The highest BCUT2D eigenvalue weighted by molar-refractivity contribution is 8.14. The fraction of sp³-hybridized carbons (Fsp3) is 0.250. The van der Waals surface area contributed by atoms with Crippen molar-refractivity contribution in [2.45, 2.75) is 13.3 Å². The van der Waals surface area contributed by atoms with Crippen molar-refractivity contribution in [3.05, 3.63) is 48.0 Å². The summed E-state index contributed by atoms with van der Waals surface area (Å²) in [5, 5.41) is 1.99. The van der Waals surface area contributed by atoms with Gasteiger partial charge in [0.2, 0.25) is 5.12 Å². The van der Waals surface area contributed by atoms with Crippen molar-refractivity contribution in [3.8, 4) is 0 Å². The number of hydrogen-bond acceptors (Lipinski definition) is 4. The molecule has 0 saturated heterocycles. The van der Waals surface area contributed by atoms with Gasteiger partial charge in [-0.05, 0) is 23.8 Å². The van der Waals surface area contributed by atoms with Crippen LogP contribution in [-0.2, 0) is 9.53 Å². The van der Waals surface area contributed by atoms with Crippen molar-refractivity contribution in [1.29, 1.82) is 0 Å². The molecule has 0 amide bonds. The molecule has 0 unspecified atom stereocenters. The molecule has 2 aromatic carbocycles. The van der Waals surface area contributed by atoms with Crippen LogP contribution in [0.1, 0.15) is 23.7 Å².